The molecule has 0 bridgehead atoms. The van der Waals surface area contributed by atoms with E-state index >= 15 is 4.39 Å². The number of nitrogens with zero attached hydrogens (tertiary/aromatic N) is 4. The highest BCUT2D eigenvalue weighted by molar-refractivity contribution is 6.31. The zero-order valence-electron chi connectivity index (χ0n) is 22.2. The van der Waals surface area contributed by atoms with E-state index in [1.807, 2.05) is 4.57 Å². The molecule has 0 spiro atoms. The maximum atomic E-state index is 15.4. The van der Waals surface area contributed by atoms with E-state index in [0.717, 1.165) is 5.56 Å². The number of carboxylic acids is 1. The van der Waals surface area contributed by atoms with Gasteiger partial charge in [-0.25, -0.2) is 23.5 Å². The number of ether oxygens (including phenoxy) is 2. The number of imidazole rings is 1. The third kappa shape index (κ3) is 6.18. The Morgan fingerprint density at radius 2 is 1.80 bits per heavy atom. The van der Waals surface area contributed by atoms with Crippen molar-refractivity contribution in [1.29, 1.82) is 0 Å². The molecule has 3 aromatic carbocycles. The number of carboxylic acid groups (broad SMARTS) is 1. The second-order valence-electron chi connectivity index (χ2n) is 9.39. The van der Waals surface area contributed by atoms with Gasteiger partial charge in [-0.1, -0.05) is 35.9 Å². The smallest absolute Gasteiger partial charge is 0.335 e. The number of methoxy groups -OCH3 is 1. The average molecular weight is 579 g/mol. The van der Waals surface area contributed by atoms with Crippen LogP contribution in [0.4, 0.5) is 8.78 Å². The van der Waals surface area contributed by atoms with E-state index in [0.29, 0.717) is 46.7 Å². The summed E-state index contributed by atoms with van der Waals surface area (Å²) < 4.78 is 42.3. The average Bonchev–Trinajstić information content (AvgIpc) is 3.29. The summed E-state index contributed by atoms with van der Waals surface area (Å²) in [7, 11) is 1.57. The predicted molar refractivity (Wildman–Crippen MR) is 149 cm³/mol. The van der Waals surface area contributed by atoms with Gasteiger partial charge < -0.3 is 19.1 Å². The van der Waals surface area contributed by atoms with Crippen molar-refractivity contribution in [3.63, 3.8) is 0 Å². The Labute approximate surface area is 239 Å². The lowest BCUT2D eigenvalue weighted by Crippen LogP contribution is -2.10. The third-order valence-corrected chi connectivity index (χ3v) is 6.80. The maximum absolute atomic E-state index is 15.4. The first kappa shape index (κ1) is 28.1. The third-order valence-electron chi connectivity index (χ3n) is 6.54. The minimum absolute atomic E-state index is 0.0497. The van der Waals surface area contributed by atoms with Gasteiger partial charge in [0.15, 0.2) is 5.82 Å². The highest BCUT2D eigenvalue weighted by Gasteiger charge is 2.17. The lowest BCUT2D eigenvalue weighted by Gasteiger charge is -2.11. The van der Waals surface area contributed by atoms with E-state index in [2.05, 4.69) is 15.0 Å². The van der Waals surface area contributed by atoms with Gasteiger partial charge in [0.25, 0.3) is 0 Å². The summed E-state index contributed by atoms with van der Waals surface area (Å²) >= 11 is 6.20. The molecule has 2 aromatic heterocycles. The first-order valence-corrected chi connectivity index (χ1v) is 13.0. The number of aromatic nitrogens is 4. The fraction of sp³-hybridized carbons (Fsp3) is 0.200. The summed E-state index contributed by atoms with van der Waals surface area (Å²) in [6.07, 6.45) is 1.50. The summed E-state index contributed by atoms with van der Waals surface area (Å²) in [6.45, 7) is 2.48. The fourth-order valence-corrected chi connectivity index (χ4v) is 4.53. The molecule has 0 saturated carbocycles. The predicted octanol–water partition coefficient (Wildman–Crippen LogP) is 6.25. The van der Waals surface area contributed by atoms with Gasteiger partial charge in [-0.2, -0.15) is 4.98 Å². The van der Waals surface area contributed by atoms with E-state index in [4.69, 9.17) is 21.1 Å². The number of fused-ring (bicyclic) bond motifs is 1. The Morgan fingerprint density at radius 1 is 1.02 bits per heavy atom. The van der Waals surface area contributed by atoms with E-state index in [1.165, 1.54) is 24.4 Å². The molecule has 5 rings (SSSR count). The topological polar surface area (TPSA) is 99.4 Å². The standard InChI is InChI=1S/C30H25ClF2N4O4/c1-17-3-4-21(23(32)11-17)16-41-29-22(31)15-34-28(36-29)19-6-5-18(24(33)12-19)14-27-35-25-8-7-20(30(38)39)13-26(25)37(27)9-10-40-2/h3-8,11-13,15H,9-10,14,16H2,1-2H3,(H,38,39). The Hall–Kier alpha value is -4.41. The molecule has 0 aliphatic rings. The lowest BCUT2D eigenvalue weighted by atomic mass is 10.1. The molecular weight excluding hydrogens is 554 g/mol. The summed E-state index contributed by atoms with van der Waals surface area (Å²) in [5, 5.41) is 9.54. The van der Waals surface area contributed by atoms with Crippen LogP contribution in [-0.2, 0) is 24.3 Å². The van der Waals surface area contributed by atoms with Crippen LogP contribution in [0.15, 0.2) is 60.8 Å². The largest absolute Gasteiger partial charge is 0.478 e. The number of hydrogen-bond acceptors (Lipinski definition) is 6. The van der Waals surface area contributed by atoms with Gasteiger partial charge in [-0.3, -0.25) is 0 Å². The zero-order chi connectivity index (χ0) is 29.1. The molecule has 5 aromatic rings. The van der Waals surface area contributed by atoms with Crippen LogP contribution in [0.2, 0.25) is 5.02 Å². The molecule has 8 nitrogen and oxygen atoms in total. The van der Waals surface area contributed by atoms with Gasteiger partial charge in [0.05, 0.1) is 29.4 Å². The van der Waals surface area contributed by atoms with Crippen LogP contribution >= 0.6 is 11.6 Å². The van der Waals surface area contributed by atoms with Gasteiger partial charge >= 0.3 is 5.97 Å². The van der Waals surface area contributed by atoms with E-state index in [-0.39, 0.29) is 35.3 Å². The molecule has 0 fully saturated rings. The Balaban J connectivity index is 1.40. The minimum Gasteiger partial charge on any atom is -0.478 e. The van der Waals surface area contributed by atoms with Crippen molar-refractivity contribution < 1.29 is 28.2 Å². The van der Waals surface area contributed by atoms with Crippen molar-refractivity contribution in [3.8, 4) is 17.3 Å². The lowest BCUT2D eigenvalue weighted by molar-refractivity contribution is 0.0697. The monoisotopic (exact) mass is 578 g/mol. The van der Waals surface area contributed by atoms with Crippen molar-refractivity contribution in [3.05, 3.63) is 106 Å². The van der Waals surface area contributed by atoms with Crippen molar-refractivity contribution >= 4 is 28.6 Å². The van der Waals surface area contributed by atoms with Crippen molar-refractivity contribution in [1.82, 2.24) is 19.5 Å². The van der Waals surface area contributed by atoms with E-state index in [1.54, 1.807) is 50.4 Å². The molecule has 0 unspecified atom stereocenters. The molecule has 0 aliphatic heterocycles. The van der Waals surface area contributed by atoms with Gasteiger partial charge in [-0.15, -0.1) is 0 Å². The van der Waals surface area contributed by atoms with Gasteiger partial charge in [0.2, 0.25) is 5.88 Å². The van der Waals surface area contributed by atoms with Crippen molar-refractivity contribution in [2.24, 2.45) is 0 Å². The number of halogens is 3. The summed E-state index contributed by atoms with van der Waals surface area (Å²) in [4.78, 5) is 24.6. The highest BCUT2D eigenvalue weighted by Crippen LogP contribution is 2.28. The molecule has 1 N–H and O–H groups in total. The first-order valence-electron chi connectivity index (χ1n) is 12.6. The number of benzene rings is 3. The SMILES string of the molecule is COCCn1c(Cc2ccc(-c3ncc(Cl)c(OCc4ccc(C)cc4F)n3)cc2F)nc2ccc(C(=O)O)cc21. The molecule has 0 atom stereocenters. The number of carbonyl (C=O) groups is 1. The molecule has 11 heteroatoms. The van der Waals surface area contributed by atoms with Gasteiger partial charge in [0.1, 0.15) is 29.1 Å². The molecule has 210 valence electrons. The molecule has 0 aliphatic carbocycles. The summed E-state index contributed by atoms with van der Waals surface area (Å²) in [5.74, 6) is -1.14. The molecule has 0 radical (unpaired) electrons. The zero-order valence-corrected chi connectivity index (χ0v) is 23.0. The highest BCUT2D eigenvalue weighted by atomic mass is 35.5. The Morgan fingerprint density at radius 3 is 2.54 bits per heavy atom. The van der Waals surface area contributed by atoms with E-state index in [9.17, 15) is 14.3 Å². The van der Waals surface area contributed by atoms with Crippen LogP contribution in [0.5, 0.6) is 5.88 Å². The van der Waals surface area contributed by atoms with Crippen molar-refractivity contribution in [2.45, 2.75) is 26.5 Å². The number of aromatic carboxylic acids is 1. The van der Waals surface area contributed by atoms with Crippen LogP contribution < -0.4 is 4.74 Å². The summed E-state index contributed by atoms with van der Waals surface area (Å²) in [5.41, 5.74) is 3.27. The normalized spacial score (nSPS) is 11.2. The van der Waals surface area contributed by atoms with Gasteiger partial charge in [-0.05, 0) is 48.4 Å². The number of aryl methyl sites for hydroxylation is 1. The van der Waals surface area contributed by atoms with Crippen LogP contribution in [0.3, 0.4) is 0 Å². The number of rotatable bonds is 10. The second-order valence-corrected chi connectivity index (χ2v) is 9.80. The van der Waals surface area contributed by atoms with E-state index < -0.39 is 17.6 Å². The molecular formula is C30H25ClF2N4O4. The molecule has 2 heterocycles. The van der Waals surface area contributed by atoms with Crippen LogP contribution in [0.1, 0.15) is 32.9 Å². The number of hydrogen-bond donors (Lipinski definition) is 1. The van der Waals surface area contributed by atoms with Gasteiger partial charge in [0, 0.05) is 31.2 Å². The van der Waals surface area contributed by atoms with Crippen molar-refractivity contribution in [2.75, 3.05) is 13.7 Å². The van der Waals surface area contributed by atoms with Crippen LogP contribution in [0.25, 0.3) is 22.4 Å². The Kier molecular flexibility index (Phi) is 8.23. The first-order chi connectivity index (χ1) is 19.7. The molecule has 0 saturated heterocycles. The molecule has 0 amide bonds. The maximum Gasteiger partial charge on any atom is 0.335 e. The second kappa shape index (κ2) is 12.0. The summed E-state index contributed by atoms with van der Waals surface area (Å²) in [6, 6.07) is 14.1. The fourth-order valence-electron chi connectivity index (χ4n) is 4.38. The minimum atomic E-state index is -1.05. The quantitative estimate of drug-likeness (QED) is 0.209. The van der Waals surface area contributed by atoms with Crippen LogP contribution in [0, 0.1) is 18.6 Å². The Bertz CT molecular complexity index is 1760. The van der Waals surface area contributed by atoms with Crippen LogP contribution in [-0.4, -0.2) is 44.3 Å². The molecule has 41 heavy (non-hydrogen) atoms.